The summed E-state index contributed by atoms with van der Waals surface area (Å²) >= 11 is 1.23. The second-order valence-corrected chi connectivity index (χ2v) is 5.21. The number of carbonyl (C=O) groups is 1. The monoisotopic (exact) mass is 281 g/mol. The number of hydrogen-bond acceptors (Lipinski definition) is 6. The molecule has 7 heteroatoms. The van der Waals surface area contributed by atoms with Gasteiger partial charge in [0, 0.05) is 6.54 Å². The molecule has 102 valence electrons. The molecule has 0 aliphatic heterocycles. The Morgan fingerprint density at radius 3 is 2.95 bits per heavy atom. The van der Waals surface area contributed by atoms with Crippen LogP contribution in [0.15, 0.2) is 26.4 Å². The molecule has 0 spiro atoms. The summed E-state index contributed by atoms with van der Waals surface area (Å²) in [6, 6.07) is 1.77. The van der Waals surface area contributed by atoms with E-state index in [1.165, 1.54) is 11.8 Å². The first-order valence-corrected chi connectivity index (χ1v) is 6.82. The standard InChI is InChI=1S/C12H15N3O3S/c1-4-13-10(16)8(3)19-12-15-14-11(18-12)9-5-6-17-7(9)2/h5-6,8H,4H2,1-3H3,(H,13,16). The number of furan rings is 1. The summed E-state index contributed by atoms with van der Waals surface area (Å²) in [5.41, 5.74) is 0.769. The van der Waals surface area contributed by atoms with Gasteiger partial charge in [-0.1, -0.05) is 11.8 Å². The first-order chi connectivity index (χ1) is 9.11. The highest BCUT2D eigenvalue weighted by atomic mass is 32.2. The Kier molecular flexibility index (Phi) is 4.26. The normalized spacial score (nSPS) is 12.4. The van der Waals surface area contributed by atoms with Crippen molar-refractivity contribution in [3.63, 3.8) is 0 Å². The summed E-state index contributed by atoms with van der Waals surface area (Å²) in [7, 11) is 0. The van der Waals surface area contributed by atoms with Crippen molar-refractivity contribution in [2.75, 3.05) is 6.54 Å². The lowest BCUT2D eigenvalue weighted by molar-refractivity contribution is -0.120. The Labute approximate surface area is 115 Å². The molecular formula is C12H15N3O3S. The van der Waals surface area contributed by atoms with Gasteiger partial charge in [-0.2, -0.15) is 0 Å². The third-order valence-corrected chi connectivity index (χ3v) is 3.43. The highest BCUT2D eigenvalue weighted by molar-refractivity contribution is 8.00. The van der Waals surface area contributed by atoms with E-state index in [2.05, 4.69) is 15.5 Å². The van der Waals surface area contributed by atoms with Crippen LogP contribution in [0.1, 0.15) is 19.6 Å². The maximum absolute atomic E-state index is 11.6. The van der Waals surface area contributed by atoms with Crippen LogP contribution in [0, 0.1) is 6.92 Å². The summed E-state index contributed by atoms with van der Waals surface area (Å²) in [6.45, 7) is 6.10. The van der Waals surface area contributed by atoms with E-state index in [1.807, 2.05) is 13.8 Å². The number of thioether (sulfide) groups is 1. The number of aryl methyl sites for hydroxylation is 1. The SMILES string of the molecule is CCNC(=O)C(C)Sc1nnc(-c2ccoc2C)o1. The van der Waals surface area contributed by atoms with Crippen molar-refractivity contribution in [3.8, 4) is 11.5 Å². The van der Waals surface area contributed by atoms with Crippen molar-refractivity contribution in [1.29, 1.82) is 0 Å². The summed E-state index contributed by atoms with van der Waals surface area (Å²) in [6.07, 6.45) is 1.57. The topological polar surface area (TPSA) is 81.2 Å². The number of nitrogens with one attached hydrogen (secondary N) is 1. The van der Waals surface area contributed by atoms with Crippen LogP contribution < -0.4 is 5.32 Å². The Balaban J connectivity index is 2.06. The lowest BCUT2D eigenvalue weighted by Gasteiger charge is -2.07. The zero-order valence-electron chi connectivity index (χ0n) is 11.0. The molecule has 2 aromatic rings. The van der Waals surface area contributed by atoms with Crippen molar-refractivity contribution in [2.24, 2.45) is 0 Å². The Morgan fingerprint density at radius 1 is 1.53 bits per heavy atom. The maximum atomic E-state index is 11.6. The van der Waals surface area contributed by atoms with E-state index in [-0.39, 0.29) is 11.2 Å². The van der Waals surface area contributed by atoms with Gasteiger partial charge in [-0.05, 0) is 26.8 Å². The van der Waals surface area contributed by atoms with Crippen LogP contribution in [0.3, 0.4) is 0 Å². The number of carbonyl (C=O) groups excluding carboxylic acids is 1. The fraction of sp³-hybridized carbons (Fsp3) is 0.417. The Morgan fingerprint density at radius 2 is 2.32 bits per heavy atom. The summed E-state index contributed by atoms with van der Waals surface area (Å²) in [5.74, 6) is 1.07. The van der Waals surface area contributed by atoms with Crippen LogP contribution in [0.2, 0.25) is 0 Å². The van der Waals surface area contributed by atoms with Crippen LogP contribution in [0.5, 0.6) is 0 Å². The van der Waals surface area contributed by atoms with Crippen molar-refractivity contribution < 1.29 is 13.6 Å². The van der Waals surface area contributed by atoms with Gasteiger partial charge in [0.2, 0.25) is 5.91 Å². The number of rotatable bonds is 5. The average molecular weight is 281 g/mol. The second-order valence-electron chi connectivity index (χ2n) is 3.92. The number of aromatic nitrogens is 2. The van der Waals surface area contributed by atoms with E-state index in [0.29, 0.717) is 17.7 Å². The van der Waals surface area contributed by atoms with Crippen molar-refractivity contribution in [2.45, 2.75) is 31.2 Å². The molecule has 0 aliphatic rings. The van der Waals surface area contributed by atoms with Crippen LogP contribution in [-0.4, -0.2) is 27.9 Å². The molecule has 19 heavy (non-hydrogen) atoms. The van der Waals surface area contributed by atoms with E-state index < -0.39 is 0 Å². The van der Waals surface area contributed by atoms with Crippen molar-refractivity contribution in [3.05, 3.63) is 18.1 Å². The lowest BCUT2D eigenvalue weighted by Crippen LogP contribution is -2.30. The molecule has 1 atom stereocenters. The third kappa shape index (κ3) is 3.17. The first-order valence-electron chi connectivity index (χ1n) is 5.94. The molecule has 1 N–H and O–H groups in total. The molecule has 2 aromatic heterocycles. The maximum Gasteiger partial charge on any atom is 0.277 e. The third-order valence-electron chi connectivity index (χ3n) is 2.49. The quantitative estimate of drug-likeness (QED) is 0.847. The van der Waals surface area contributed by atoms with E-state index >= 15 is 0 Å². The van der Waals surface area contributed by atoms with Gasteiger partial charge in [-0.3, -0.25) is 4.79 Å². The Hall–Kier alpha value is -1.76. The number of amides is 1. The summed E-state index contributed by atoms with van der Waals surface area (Å²) in [5, 5.41) is 10.7. The van der Waals surface area contributed by atoms with E-state index in [9.17, 15) is 4.79 Å². The van der Waals surface area contributed by atoms with Gasteiger partial charge in [0.25, 0.3) is 11.1 Å². The van der Waals surface area contributed by atoms with Gasteiger partial charge < -0.3 is 14.2 Å². The zero-order valence-corrected chi connectivity index (χ0v) is 11.8. The molecule has 1 amide bonds. The van der Waals surface area contributed by atoms with E-state index in [0.717, 1.165) is 11.3 Å². The zero-order chi connectivity index (χ0) is 13.8. The van der Waals surface area contributed by atoms with Gasteiger partial charge in [0.05, 0.1) is 17.1 Å². The van der Waals surface area contributed by atoms with Gasteiger partial charge in [0.1, 0.15) is 5.76 Å². The van der Waals surface area contributed by atoms with Gasteiger partial charge >= 0.3 is 0 Å². The van der Waals surface area contributed by atoms with Gasteiger partial charge in [0.15, 0.2) is 0 Å². The van der Waals surface area contributed by atoms with Crippen LogP contribution in [-0.2, 0) is 4.79 Å². The lowest BCUT2D eigenvalue weighted by atomic mass is 10.3. The first kappa shape index (κ1) is 13.7. The minimum Gasteiger partial charge on any atom is -0.469 e. The molecular weight excluding hydrogens is 266 g/mol. The predicted molar refractivity (Wildman–Crippen MR) is 70.7 cm³/mol. The molecule has 0 fully saturated rings. The van der Waals surface area contributed by atoms with Crippen LogP contribution in [0.25, 0.3) is 11.5 Å². The molecule has 0 aliphatic carbocycles. The van der Waals surface area contributed by atoms with Crippen LogP contribution >= 0.6 is 11.8 Å². The fourth-order valence-electron chi connectivity index (χ4n) is 1.50. The minimum absolute atomic E-state index is 0.0493. The van der Waals surface area contributed by atoms with Gasteiger partial charge in [-0.15, -0.1) is 10.2 Å². The number of hydrogen-bond donors (Lipinski definition) is 1. The highest BCUT2D eigenvalue weighted by Crippen LogP contribution is 2.28. The highest BCUT2D eigenvalue weighted by Gasteiger charge is 2.19. The fourth-order valence-corrected chi connectivity index (χ4v) is 2.20. The molecule has 0 saturated carbocycles. The minimum atomic E-state index is -0.279. The van der Waals surface area contributed by atoms with Crippen molar-refractivity contribution >= 4 is 17.7 Å². The van der Waals surface area contributed by atoms with Gasteiger partial charge in [-0.25, -0.2) is 0 Å². The molecule has 6 nitrogen and oxygen atoms in total. The molecule has 0 bridgehead atoms. The van der Waals surface area contributed by atoms with Crippen molar-refractivity contribution in [1.82, 2.24) is 15.5 Å². The summed E-state index contributed by atoms with van der Waals surface area (Å²) in [4.78, 5) is 11.6. The molecule has 0 radical (unpaired) electrons. The largest absolute Gasteiger partial charge is 0.469 e. The van der Waals surface area contributed by atoms with E-state index in [4.69, 9.17) is 8.83 Å². The molecule has 1 unspecified atom stereocenters. The molecule has 2 rings (SSSR count). The Bertz CT molecular complexity index is 564. The average Bonchev–Trinajstić information content (AvgIpc) is 2.98. The second kappa shape index (κ2) is 5.92. The summed E-state index contributed by atoms with van der Waals surface area (Å²) < 4.78 is 10.7. The molecule has 0 saturated heterocycles. The predicted octanol–water partition coefficient (Wildman–Crippen LogP) is 2.25. The number of nitrogens with zero attached hydrogens (tertiary/aromatic N) is 2. The van der Waals surface area contributed by atoms with Crippen LogP contribution in [0.4, 0.5) is 0 Å². The van der Waals surface area contributed by atoms with E-state index in [1.54, 1.807) is 19.3 Å². The smallest absolute Gasteiger partial charge is 0.277 e. The molecule has 2 heterocycles. The molecule has 0 aromatic carbocycles.